The highest BCUT2D eigenvalue weighted by Crippen LogP contribution is 2.29. The lowest BCUT2D eigenvalue weighted by molar-refractivity contribution is -0.145. The number of rotatable bonds is 7. The summed E-state index contributed by atoms with van der Waals surface area (Å²) < 4.78 is 4.92. The Morgan fingerprint density at radius 1 is 1.42 bits per heavy atom. The molecule has 0 bridgehead atoms. The normalized spacial score (nSPS) is 18.8. The summed E-state index contributed by atoms with van der Waals surface area (Å²) >= 11 is 0.720. The molecule has 1 heterocycles. The standard InChI is InChI=1S/C11H16N2O5S/c1-2-3-4-18-9(15)5-7-10(16)13(6-8(12)14)11(17)19-7/h7H,2-6H2,1H3,(H2,12,14)/t7-/m1/s1. The van der Waals surface area contributed by atoms with Crippen molar-refractivity contribution in [2.24, 2.45) is 5.73 Å². The fraction of sp³-hybridized carbons (Fsp3) is 0.636. The monoisotopic (exact) mass is 288 g/mol. The van der Waals surface area contributed by atoms with E-state index in [4.69, 9.17) is 10.5 Å². The molecule has 0 saturated carbocycles. The summed E-state index contributed by atoms with van der Waals surface area (Å²) in [5.41, 5.74) is 4.94. The molecular weight excluding hydrogens is 272 g/mol. The van der Waals surface area contributed by atoms with Crippen molar-refractivity contribution in [1.29, 1.82) is 0 Å². The van der Waals surface area contributed by atoms with Crippen molar-refractivity contribution in [3.8, 4) is 0 Å². The molecular formula is C11H16N2O5S. The van der Waals surface area contributed by atoms with E-state index < -0.39 is 34.8 Å². The first kappa shape index (κ1) is 15.5. The van der Waals surface area contributed by atoms with Crippen molar-refractivity contribution >= 4 is 34.8 Å². The summed E-state index contributed by atoms with van der Waals surface area (Å²) in [5.74, 6) is -1.86. The molecule has 0 aliphatic carbocycles. The highest BCUT2D eigenvalue weighted by molar-refractivity contribution is 8.15. The Labute approximate surface area is 114 Å². The second-order valence-corrected chi connectivity index (χ2v) is 5.20. The van der Waals surface area contributed by atoms with Crippen LogP contribution < -0.4 is 5.73 Å². The molecule has 0 aromatic carbocycles. The molecule has 1 fully saturated rings. The maximum atomic E-state index is 11.8. The number of carbonyl (C=O) groups is 4. The van der Waals surface area contributed by atoms with Crippen LogP contribution in [0.25, 0.3) is 0 Å². The van der Waals surface area contributed by atoms with Gasteiger partial charge < -0.3 is 10.5 Å². The Hall–Kier alpha value is -1.57. The van der Waals surface area contributed by atoms with Crippen LogP contribution in [0.2, 0.25) is 0 Å². The van der Waals surface area contributed by atoms with Crippen LogP contribution >= 0.6 is 11.8 Å². The van der Waals surface area contributed by atoms with Crippen LogP contribution in [0.5, 0.6) is 0 Å². The van der Waals surface area contributed by atoms with E-state index in [9.17, 15) is 19.2 Å². The molecule has 3 amide bonds. The zero-order chi connectivity index (χ0) is 14.4. The number of nitrogens with zero attached hydrogens (tertiary/aromatic N) is 1. The molecule has 1 saturated heterocycles. The maximum absolute atomic E-state index is 11.8. The first-order valence-corrected chi connectivity index (χ1v) is 6.79. The number of thioether (sulfide) groups is 1. The van der Waals surface area contributed by atoms with Crippen LogP contribution in [0.15, 0.2) is 0 Å². The molecule has 0 radical (unpaired) electrons. The SMILES string of the molecule is CCCCOC(=O)C[C@H]1SC(=O)N(CC(N)=O)C1=O. The third-order valence-corrected chi connectivity index (χ3v) is 3.51. The van der Waals surface area contributed by atoms with Crippen molar-refractivity contribution in [3.63, 3.8) is 0 Å². The number of primary amides is 1. The number of hydrogen-bond acceptors (Lipinski definition) is 6. The van der Waals surface area contributed by atoms with E-state index in [2.05, 4.69) is 0 Å². The van der Waals surface area contributed by atoms with Crippen molar-refractivity contribution in [1.82, 2.24) is 4.90 Å². The lowest BCUT2D eigenvalue weighted by atomic mass is 10.2. The molecule has 0 unspecified atom stereocenters. The minimum Gasteiger partial charge on any atom is -0.466 e. The second-order valence-electron chi connectivity index (χ2n) is 4.04. The van der Waals surface area contributed by atoms with Gasteiger partial charge in [-0.05, 0) is 6.42 Å². The van der Waals surface area contributed by atoms with Gasteiger partial charge in [0.15, 0.2) is 0 Å². The largest absolute Gasteiger partial charge is 0.466 e. The molecule has 19 heavy (non-hydrogen) atoms. The predicted molar refractivity (Wildman–Crippen MR) is 68.2 cm³/mol. The highest BCUT2D eigenvalue weighted by atomic mass is 32.2. The molecule has 1 atom stereocenters. The summed E-state index contributed by atoms with van der Waals surface area (Å²) in [6.07, 6.45) is 1.48. The van der Waals surface area contributed by atoms with Gasteiger partial charge in [-0.2, -0.15) is 0 Å². The van der Waals surface area contributed by atoms with E-state index in [1.165, 1.54) is 0 Å². The fourth-order valence-electron chi connectivity index (χ4n) is 1.47. The van der Waals surface area contributed by atoms with Gasteiger partial charge >= 0.3 is 5.97 Å². The number of hydrogen-bond donors (Lipinski definition) is 1. The van der Waals surface area contributed by atoms with Gasteiger partial charge in [-0.25, -0.2) is 0 Å². The summed E-state index contributed by atoms with van der Waals surface area (Å²) in [4.78, 5) is 46.2. The average Bonchev–Trinajstić information content (AvgIpc) is 2.57. The molecule has 1 rings (SSSR count). The molecule has 2 N–H and O–H groups in total. The minimum absolute atomic E-state index is 0.172. The third kappa shape index (κ3) is 4.55. The molecule has 8 heteroatoms. The van der Waals surface area contributed by atoms with Crippen LogP contribution in [-0.2, 0) is 19.1 Å². The van der Waals surface area contributed by atoms with Gasteiger partial charge in [0.2, 0.25) is 11.8 Å². The molecule has 0 aromatic heterocycles. The zero-order valence-corrected chi connectivity index (χ0v) is 11.4. The summed E-state index contributed by atoms with van der Waals surface area (Å²) in [5, 5.41) is -1.38. The van der Waals surface area contributed by atoms with E-state index in [-0.39, 0.29) is 6.42 Å². The van der Waals surface area contributed by atoms with Gasteiger partial charge in [0.05, 0.1) is 13.0 Å². The van der Waals surface area contributed by atoms with Crippen LogP contribution in [-0.4, -0.2) is 46.3 Å². The predicted octanol–water partition coefficient (Wildman–Crippen LogP) is 0.269. The second kappa shape index (κ2) is 7.13. The maximum Gasteiger partial charge on any atom is 0.307 e. The number of ether oxygens (including phenoxy) is 1. The number of nitrogens with two attached hydrogens (primary N) is 1. The number of imide groups is 1. The third-order valence-electron chi connectivity index (χ3n) is 2.43. The number of unbranched alkanes of at least 4 members (excludes halogenated alkanes) is 1. The molecule has 1 aliphatic rings. The molecule has 0 aromatic rings. The zero-order valence-electron chi connectivity index (χ0n) is 10.6. The Bertz CT molecular complexity index is 399. The van der Waals surface area contributed by atoms with E-state index in [0.29, 0.717) is 6.61 Å². The van der Waals surface area contributed by atoms with Crippen LogP contribution in [0.1, 0.15) is 26.2 Å². The van der Waals surface area contributed by atoms with Crippen LogP contribution in [0.3, 0.4) is 0 Å². The number of carbonyl (C=O) groups excluding carboxylic acids is 4. The Kier molecular flexibility index (Phi) is 5.81. The first-order valence-electron chi connectivity index (χ1n) is 5.91. The van der Waals surface area contributed by atoms with Crippen molar-refractivity contribution < 1.29 is 23.9 Å². The lowest BCUT2D eigenvalue weighted by Gasteiger charge is -2.11. The molecule has 1 aliphatic heterocycles. The van der Waals surface area contributed by atoms with Gasteiger partial charge in [-0.3, -0.25) is 24.1 Å². The quantitative estimate of drug-likeness (QED) is 0.532. The Morgan fingerprint density at radius 3 is 2.68 bits per heavy atom. The average molecular weight is 288 g/mol. The summed E-state index contributed by atoms with van der Waals surface area (Å²) in [6.45, 7) is 1.82. The van der Waals surface area contributed by atoms with Crippen molar-refractivity contribution in [2.45, 2.75) is 31.4 Å². The van der Waals surface area contributed by atoms with E-state index in [1.807, 2.05) is 6.92 Å². The van der Waals surface area contributed by atoms with Gasteiger partial charge in [-0.1, -0.05) is 25.1 Å². The van der Waals surface area contributed by atoms with Gasteiger partial charge in [0.25, 0.3) is 5.24 Å². The van der Waals surface area contributed by atoms with Crippen LogP contribution in [0, 0.1) is 0 Å². The topological polar surface area (TPSA) is 107 Å². The van der Waals surface area contributed by atoms with Crippen LogP contribution in [0.4, 0.5) is 4.79 Å². The van der Waals surface area contributed by atoms with E-state index in [1.54, 1.807) is 0 Å². The van der Waals surface area contributed by atoms with Gasteiger partial charge in [0, 0.05) is 0 Å². The smallest absolute Gasteiger partial charge is 0.307 e. The molecule has 7 nitrogen and oxygen atoms in total. The Balaban J connectivity index is 2.48. The lowest BCUT2D eigenvalue weighted by Crippen LogP contribution is -2.39. The highest BCUT2D eigenvalue weighted by Gasteiger charge is 2.41. The number of amides is 3. The molecule has 106 valence electrons. The first-order chi connectivity index (χ1) is 8.95. The van der Waals surface area contributed by atoms with Crippen molar-refractivity contribution in [3.05, 3.63) is 0 Å². The minimum atomic E-state index is -0.819. The summed E-state index contributed by atoms with van der Waals surface area (Å²) in [6, 6.07) is 0. The fourth-order valence-corrected chi connectivity index (χ4v) is 2.44. The summed E-state index contributed by atoms with van der Waals surface area (Å²) in [7, 11) is 0. The van der Waals surface area contributed by atoms with Crippen molar-refractivity contribution in [2.75, 3.05) is 13.2 Å². The van der Waals surface area contributed by atoms with Gasteiger partial charge in [0.1, 0.15) is 11.8 Å². The van der Waals surface area contributed by atoms with E-state index in [0.717, 1.165) is 29.5 Å². The van der Waals surface area contributed by atoms with Gasteiger partial charge in [-0.15, -0.1) is 0 Å². The Morgan fingerprint density at radius 2 is 2.11 bits per heavy atom. The molecule has 0 spiro atoms. The van der Waals surface area contributed by atoms with E-state index >= 15 is 0 Å². The number of esters is 1.